The minimum absolute atomic E-state index is 0.0749. The van der Waals surface area contributed by atoms with Crippen molar-refractivity contribution in [2.24, 2.45) is 16.6 Å². The summed E-state index contributed by atoms with van der Waals surface area (Å²) in [5.41, 5.74) is 3.11. The van der Waals surface area contributed by atoms with E-state index in [0.29, 0.717) is 18.4 Å². The SMILES string of the molecule is C[C@]1(c2cc(NC(=O)c3cccc(OCC4CC4)n3)ccc2F)N=C(N)COCC1(F)F.O=CO. The van der Waals surface area contributed by atoms with E-state index in [0.717, 1.165) is 31.9 Å². The van der Waals surface area contributed by atoms with Crippen molar-refractivity contribution in [3.63, 3.8) is 0 Å². The number of aromatic nitrogens is 1. The van der Waals surface area contributed by atoms with Gasteiger partial charge in [-0.3, -0.25) is 14.6 Å². The topological polar surface area (TPSA) is 136 Å². The Balaban J connectivity index is 0.00000108. The average molecular weight is 494 g/mol. The first kappa shape index (κ1) is 25.9. The molecule has 1 atom stereocenters. The van der Waals surface area contributed by atoms with E-state index < -0.39 is 35.4 Å². The quantitative estimate of drug-likeness (QED) is 0.525. The number of rotatable bonds is 6. The highest BCUT2D eigenvalue weighted by atomic mass is 19.3. The number of amidine groups is 1. The van der Waals surface area contributed by atoms with Gasteiger partial charge in [-0.05, 0) is 49.9 Å². The smallest absolute Gasteiger partial charge is 0.299 e. The summed E-state index contributed by atoms with van der Waals surface area (Å²) in [7, 11) is 0. The molecule has 1 aromatic carbocycles. The zero-order chi connectivity index (χ0) is 25.6. The third kappa shape index (κ3) is 6.27. The average Bonchev–Trinajstić information content (AvgIpc) is 3.64. The lowest BCUT2D eigenvalue weighted by Crippen LogP contribution is -2.45. The lowest BCUT2D eigenvalue weighted by molar-refractivity contribution is -0.122. The molecule has 2 heterocycles. The number of halogens is 3. The molecule has 1 aliphatic carbocycles. The molecule has 0 unspecified atom stereocenters. The van der Waals surface area contributed by atoms with Gasteiger partial charge in [-0.25, -0.2) is 18.2 Å². The van der Waals surface area contributed by atoms with E-state index in [1.54, 1.807) is 12.1 Å². The second kappa shape index (κ2) is 10.7. The fourth-order valence-electron chi connectivity index (χ4n) is 3.36. The number of aliphatic imine (C=N–C) groups is 1. The van der Waals surface area contributed by atoms with Gasteiger partial charge in [-0.2, -0.15) is 0 Å². The Morgan fingerprint density at radius 1 is 1.34 bits per heavy atom. The molecular formula is C23H25F3N4O5. The van der Waals surface area contributed by atoms with Crippen LogP contribution in [0.25, 0.3) is 0 Å². The molecule has 1 aliphatic heterocycles. The molecule has 2 aliphatic rings. The third-order valence-corrected chi connectivity index (χ3v) is 5.48. The normalized spacial score (nSPS) is 21.0. The van der Waals surface area contributed by atoms with Gasteiger partial charge in [0.25, 0.3) is 18.3 Å². The summed E-state index contributed by atoms with van der Waals surface area (Å²) in [6.07, 6.45) is 2.24. The number of carbonyl (C=O) groups is 2. The van der Waals surface area contributed by atoms with Gasteiger partial charge >= 0.3 is 0 Å². The fourth-order valence-corrected chi connectivity index (χ4v) is 3.36. The van der Waals surface area contributed by atoms with E-state index in [-0.39, 0.29) is 30.3 Å². The minimum atomic E-state index is -3.54. The number of alkyl halides is 2. The zero-order valence-corrected chi connectivity index (χ0v) is 18.8. The van der Waals surface area contributed by atoms with Gasteiger partial charge in [0.15, 0.2) is 5.54 Å². The lowest BCUT2D eigenvalue weighted by Gasteiger charge is -2.33. The summed E-state index contributed by atoms with van der Waals surface area (Å²) in [6, 6.07) is 8.15. The predicted octanol–water partition coefficient (Wildman–Crippen LogP) is 3.20. The number of benzene rings is 1. The van der Waals surface area contributed by atoms with Gasteiger partial charge in [-0.1, -0.05) is 6.07 Å². The molecule has 35 heavy (non-hydrogen) atoms. The van der Waals surface area contributed by atoms with Gasteiger partial charge in [0.1, 0.15) is 30.6 Å². The number of nitrogens with zero attached hydrogens (tertiary/aromatic N) is 2. The first-order chi connectivity index (χ1) is 16.6. The Kier molecular flexibility index (Phi) is 7.95. The molecule has 1 saturated carbocycles. The van der Waals surface area contributed by atoms with Crippen LogP contribution in [0.4, 0.5) is 18.9 Å². The summed E-state index contributed by atoms with van der Waals surface area (Å²) in [5.74, 6) is -4.37. The van der Waals surface area contributed by atoms with Crippen LogP contribution < -0.4 is 15.8 Å². The van der Waals surface area contributed by atoms with E-state index in [4.69, 9.17) is 25.1 Å². The monoisotopic (exact) mass is 494 g/mol. The molecule has 0 spiro atoms. The summed E-state index contributed by atoms with van der Waals surface area (Å²) in [6.45, 7) is 0.121. The number of nitrogens with one attached hydrogen (secondary N) is 1. The van der Waals surface area contributed by atoms with Crippen LogP contribution in [0, 0.1) is 11.7 Å². The van der Waals surface area contributed by atoms with E-state index in [2.05, 4.69) is 15.3 Å². The maximum absolute atomic E-state index is 14.8. The van der Waals surface area contributed by atoms with Crippen LogP contribution in [0.2, 0.25) is 0 Å². The lowest BCUT2D eigenvalue weighted by atomic mass is 9.85. The van der Waals surface area contributed by atoms with Gasteiger partial charge in [0, 0.05) is 17.3 Å². The number of pyridine rings is 1. The first-order valence-corrected chi connectivity index (χ1v) is 10.7. The molecule has 12 heteroatoms. The molecule has 1 amide bonds. The molecule has 188 valence electrons. The largest absolute Gasteiger partial charge is 0.483 e. The number of nitrogens with two attached hydrogens (primary N) is 1. The Bertz CT molecular complexity index is 1110. The van der Waals surface area contributed by atoms with Crippen molar-refractivity contribution in [1.82, 2.24) is 4.98 Å². The van der Waals surface area contributed by atoms with Crippen LogP contribution in [-0.4, -0.2) is 54.0 Å². The van der Waals surface area contributed by atoms with Crippen LogP contribution in [0.5, 0.6) is 5.88 Å². The van der Waals surface area contributed by atoms with E-state index >= 15 is 0 Å². The molecule has 0 bridgehead atoms. The van der Waals surface area contributed by atoms with Gasteiger partial charge < -0.3 is 25.6 Å². The molecule has 4 rings (SSSR count). The second-order valence-electron chi connectivity index (χ2n) is 8.24. The maximum Gasteiger partial charge on any atom is 0.299 e. The van der Waals surface area contributed by atoms with Crippen LogP contribution in [0.3, 0.4) is 0 Å². The Hall–Kier alpha value is -3.67. The molecule has 9 nitrogen and oxygen atoms in total. The summed E-state index contributed by atoms with van der Waals surface area (Å²) < 4.78 is 54.7. The van der Waals surface area contributed by atoms with Crippen molar-refractivity contribution < 1.29 is 37.3 Å². The Labute approximate surface area is 199 Å². The van der Waals surface area contributed by atoms with Crippen molar-refractivity contribution in [2.75, 3.05) is 25.1 Å². The number of hydrogen-bond acceptors (Lipinski definition) is 7. The number of hydrogen-bond donors (Lipinski definition) is 3. The highest BCUT2D eigenvalue weighted by Gasteiger charge is 2.54. The minimum Gasteiger partial charge on any atom is -0.483 e. The molecular weight excluding hydrogens is 469 g/mol. The standard InChI is InChI=1S/C22H23F3N4O3.CH2O2/c1-21(22(24,25)12-31-11-18(26)29-21)15-9-14(7-8-16(15)23)27-20(30)17-3-2-4-19(28-17)32-10-13-5-6-13;2-1-3/h2-4,7-9,13H,5-6,10-12H2,1H3,(H2,26,29)(H,27,30);1H,(H,2,3)/t21-;/m1./s1. The second-order valence-corrected chi connectivity index (χ2v) is 8.24. The van der Waals surface area contributed by atoms with E-state index in [1.165, 1.54) is 12.1 Å². The third-order valence-electron chi connectivity index (χ3n) is 5.48. The first-order valence-electron chi connectivity index (χ1n) is 10.7. The van der Waals surface area contributed by atoms with Crippen molar-refractivity contribution in [3.8, 4) is 5.88 Å². The highest BCUT2D eigenvalue weighted by molar-refractivity contribution is 6.03. The molecule has 0 saturated heterocycles. The number of amides is 1. The van der Waals surface area contributed by atoms with E-state index in [1.807, 2.05) is 0 Å². The van der Waals surface area contributed by atoms with Crippen molar-refractivity contribution in [3.05, 3.63) is 53.5 Å². The van der Waals surface area contributed by atoms with Crippen LogP contribution >= 0.6 is 0 Å². The zero-order valence-electron chi connectivity index (χ0n) is 18.8. The molecule has 1 fully saturated rings. The Morgan fingerprint density at radius 3 is 2.74 bits per heavy atom. The van der Waals surface area contributed by atoms with Gasteiger partial charge in [0.2, 0.25) is 5.88 Å². The van der Waals surface area contributed by atoms with Gasteiger partial charge in [0.05, 0.1) is 6.61 Å². The number of ether oxygens (including phenoxy) is 2. The highest BCUT2D eigenvalue weighted by Crippen LogP contribution is 2.44. The van der Waals surface area contributed by atoms with Crippen molar-refractivity contribution in [2.45, 2.75) is 31.2 Å². The Morgan fingerprint density at radius 2 is 2.06 bits per heavy atom. The number of carbonyl (C=O) groups excluding carboxylic acids is 1. The maximum atomic E-state index is 14.8. The summed E-state index contributed by atoms with van der Waals surface area (Å²) >= 11 is 0. The predicted molar refractivity (Wildman–Crippen MR) is 120 cm³/mol. The van der Waals surface area contributed by atoms with Crippen molar-refractivity contribution >= 4 is 23.9 Å². The molecule has 0 radical (unpaired) electrons. The number of carboxylic acid groups (broad SMARTS) is 1. The van der Waals surface area contributed by atoms with Gasteiger partial charge in [-0.15, -0.1) is 0 Å². The van der Waals surface area contributed by atoms with Crippen molar-refractivity contribution in [1.29, 1.82) is 0 Å². The van der Waals surface area contributed by atoms with Crippen LogP contribution in [-0.2, 0) is 15.1 Å². The van der Waals surface area contributed by atoms with E-state index in [9.17, 15) is 18.0 Å². The molecule has 1 aromatic heterocycles. The molecule has 2 aromatic rings. The molecule has 4 N–H and O–H groups in total. The summed E-state index contributed by atoms with van der Waals surface area (Å²) in [5, 5.41) is 9.45. The number of anilines is 1. The summed E-state index contributed by atoms with van der Waals surface area (Å²) in [4.78, 5) is 29.1. The fraction of sp³-hybridized carbons (Fsp3) is 0.391. The van der Waals surface area contributed by atoms with Crippen LogP contribution in [0.1, 0.15) is 35.8 Å². The van der Waals surface area contributed by atoms with Crippen LogP contribution in [0.15, 0.2) is 41.4 Å².